The summed E-state index contributed by atoms with van der Waals surface area (Å²) in [6.07, 6.45) is 0.197. The van der Waals surface area contributed by atoms with Gasteiger partial charge in [-0.05, 0) is 37.1 Å². The van der Waals surface area contributed by atoms with Crippen molar-refractivity contribution in [2.75, 3.05) is 0 Å². The van der Waals surface area contributed by atoms with Gasteiger partial charge in [0.2, 0.25) is 0 Å². The summed E-state index contributed by atoms with van der Waals surface area (Å²) in [6, 6.07) is 14.2. The number of hydrogen-bond acceptors (Lipinski definition) is 1. The third-order valence-electron chi connectivity index (χ3n) is 2.94. The molecular formula is C16H17BrO. The minimum atomic E-state index is -0.455. The van der Waals surface area contributed by atoms with E-state index in [1.54, 1.807) is 0 Å². The second kappa shape index (κ2) is 5.68. The van der Waals surface area contributed by atoms with E-state index in [9.17, 15) is 5.11 Å². The molecule has 0 aliphatic heterocycles. The number of benzene rings is 2. The molecule has 0 aliphatic carbocycles. The second-order valence-corrected chi connectivity index (χ2v) is 5.69. The maximum atomic E-state index is 10.3. The van der Waals surface area contributed by atoms with Crippen molar-refractivity contribution in [1.29, 1.82) is 0 Å². The highest BCUT2D eigenvalue weighted by Crippen LogP contribution is 2.22. The lowest BCUT2D eigenvalue weighted by Gasteiger charge is -2.12. The second-order valence-electron chi connectivity index (χ2n) is 4.77. The Morgan fingerprint density at radius 1 is 1.06 bits per heavy atom. The average Bonchev–Trinajstić information content (AvgIpc) is 2.27. The molecular weight excluding hydrogens is 288 g/mol. The Morgan fingerprint density at radius 3 is 2.33 bits per heavy atom. The molecule has 94 valence electrons. The fourth-order valence-electron chi connectivity index (χ4n) is 2.24. The van der Waals surface area contributed by atoms with Gasteiger partial charge in [-0.15, -0.1) is 0 Å². The summed E-state index contributed by atoms with van der Waals surface area (Å²) >= 11 is 3.43. The molecule has 0 aliphatic rings. The van der Waals surface area contributed by atoms with Gasteiger partial charge in [-0.3, -0.25) is 0 Å². The Kier molecular flexibility index (Phi) is 4.20. The summed E-state index contributed by atoms with van der Waals surface area (Å²) in [5, 5.41) is 10.3. The number of hydrogen-bond donors (Lipinski definition) is 1. The Bertz CT molecular complexity index is 528. The van der Waals surface area contributed by atoms with Gasteiger partial charge in [0.1, 0.15) is 0 Å². The lowest BCUT2D eigenvalue weighted by molar-refractivity contribution is 0.178. The molecule has 0 saturated heterocycles. The van der Waals surface area contributed by atoms with Crippen LogP contribution >= 0.6 is 15.9 Å². The highest BCUT2D eigenvalue weighted by Gasteiger charge is 2.09. The molecule has 1 atom stereocenters. The Morgan fingerprint density at radius 2 is 1.72 bits per heavy atom. The molecule has 0 bridgehead atoms. The summed E-state index contributed by atoms with van der Waals surface area (Å²) in [7, 11) is 0. The van der Waals surface area contributed by atoms with Crippen LogP contribution in [0, 0.1) is 13.8 Å². The van der Waals surface area contributed by atoms with Crippen molar-refractivity contribution < 1.29 is 5.11 Å². The largest absolute Gasteiger partial charge is 0.388 e. The van der Waals surface area contributed by atoms with Crippen LogP contribution in [0.4, 0.5) is 0 Å². The maximum Gasteiger partial charge on any atom is 0.0830 e. The fourth-order valence-corrected chi connectivity index (χ4v) is 2.66. The number of rotatable bonds is 3. The molecule has 2 aromatic carbocycles. The third-order valence-corrected chi connectivity index (χ3v) is 3.44. The van der Waals surface area contributed by atoms with Crippen LogP contribution in [-0.4, -0.2) is 5.11 Å². The van der Waals surface area contributed by atoms with E-state index in [0.717, 1.165) is 10.0 Å². The fraction of sp³-hybridized carbons (Fsp3) is 0.250. The average molecular weight is 305 g/mol. The molecule has 2 heteroatoms. The molecule has 2 rings (SSSR count). The van der Waals surface area contributed by atoms with Crippen molar-refractivity contribution in [3.8, 4) is 0 Å². The predicted octanol–water partition coefficient (Wildman–Crippen LogP) is 4.34. The van der Waals surface area contributed by atoms with Gasteiger partial charge in [-0.25, -0.2) is 0 Å². The number of aryl methyl sites for hydroxylation is 2. The Hall–Kier alpha value is -1.12. The zero-order valence-electron chi connectivity index (χ0n) is 10.7. The minimum Gasteiger partial charge on any atom is -0.388 e. The molecule has 0 aromatic heterocycles. The Balaban J connectivity index is 2.18. The van der Waals surface area contributed by atoms with Crippen LogP contribution in [0.1, 0.15) is 28.4 Å². The van der Waals surface area contributed by atoms with Crippen molar-refractivity contribution in [2.45, 2.75) is 26.4 Å². The van der Waals surface area contributed by atoms with E-state index in [1.165, 1.54) is 16.7 Å². The molecule has 1 nitrogen and oxygen atoms in total. The van der Waals surface area contributed by atoms with Crippen LogP contribution < -0.4 is 0 Å². The summed E-state index contributed by atoms with van der Waals surface area (Å²) < 4.78 is 1.000. The molecule has 1 N–H and O–H groups in total. The molecule has 0 amide bonds. The SMILES string of the molecule is Cc1cc(C)cc(CC(O)c2cccc(Br)c2)c1. The molecule has 0 spiro atoms. The van der Waals surface area contributed by atoms with Gasteiger partial charge < -0.3 is 5.11 Å². The molecule has 0 heterocycles. The lowest BCUT2D eigenvalue weighted by Crippen LogP contribution is -2.02. The van der Waals surface area contributed by atoms with Gasteiger partial charge >= 0.3 is 0 Å². The molecule has 0 fully saturated rings. The minimum absolute atomic E-state index is 0.455. The van der Waals surface area contributed by atoms with Crippen molar-refractivity contribution >= 4 is 15.9 Å². The summed E-state index contributed by atoms with van der Waals surface area (Å²) in [4.78, 5) is 0. The van der Waals surface area contributed by atoms with Crippen LogP contribution in [0.2, 0.25) is 0 Å². The van der Waals surface area contributed by atoms with E-state index in [0.29, 0.717) is 6.42 Å². The third kappa shape index (κ3) is 3.44. The van der Waals surface area contributed by atoms with Crippen molar-refractivity contribution in [1.82, 2.24) is 0 Å². The van der Waals surface area contributed by atoms with E-state index in [-0.39, 0.29) is 0 Å². The molecule has 0 saturated carbocycles. The number of aliphatic hydroxyl groups is 1. The highest BCUT2D eigenvalue weighted by atomic mass is 79.9. The standard InChI is InChI=1S/C16H17BrO/c1-11-6-12(2)8-13(7-11)9-16(18)14-4-3-5-15(17)10-14/h3-8,10,16,18H,9H2,1-2H3. The first kappa shape index (κ1) is 13.3. The van der Waals surface area contributed by atoms with E-state index in [4.69, 9.17) is 0 Å². The summed E-state index contributed by atoms with van der Waals surface area (Å²) in [5.74, 6) is 0. The van der Waals surface area contributed by atoms with E-state index >= 15 is 0 Å². The van der Waals surface area contributed by atoms with Crippen LogP contribution in [0.15, 0.2) is 46.9 Å². The van der Waals surface area contributed by atoms with Crippen LogP contribution in [-0.2, 0) is 6.42 Å². The first-order valence-corrected chi connectivity index (χ1v) is 6.84. The van der Waals surface area contributed by atoms with Gasteiger partial charge in [0.05, 0.1) is 6.10 Å². The highest BCUT2D eigenvalue weighted by molar-refractivity contribution is 9.10. The van der Waals surface area contributed by atoms with Gasteiger partial charge in [0.25, 0.3) is 0 Å². The van der Waals surface area contributed by atoms with Crippen molar-refractivity contribution in [3.63, 3.8) is 0 Å². The van der Waals surface area contributed by atoms with Gasteiger partial charge in [-0.1, -0.05) is 57.4 Å². The van der Waals surface area contributed by atoms with Gasteiger partial charge in [-0.2, -0.15) is 0 Å². The topological polar surface area (TPSA) is 20.2 Å². The van der Waals surface area contributed by atoms with Gasteiger partial charge in [0.15, 0.2) is 0 Å². The summed E-state index contributed by atoms with van der Waals surface area (Å²) in [5.41, 5.74) is 4.61. The van der Waals surface area contributed by atoms with Crippen molar-refractivity contribution in [3.05, 3.63) is 69.2 Å². The quantitative estimate of drug-likeness (QED) is 0.894. The normalized spacial score (nSPS) is 12.4. The van der Waals surface area contributed by atoms with E-state index in [2.05, 4.69) is 48.0 Å². The Labute approximate surface area is 117 Å². The predicted molar refractivity (Wildman–Crippen MR) is 78.7 cm³/mol. The molecule has 18 heavy (non-hydrogen) atoms. The van der Waals surface area contributed by atoms with Crippen molar-refractivity contribution in [2.24, 2.45) is 0 Å². The maximum absolute atomic E-state index is 10.3. The zero-order chi connectivity index (χ0) is 13.1. The molecule has 2 aromatic rings. The van der Waals surface area contributed by atoms with Gasteiger partial charge in [0, 0.05) is 10.9 Å². The zero-order valence-corrected chi connectivity index (χ0v) is 12.2. The van der Waals surface area contributed by atoms with Crippen LogP contribution in [0.5, 0.6) is 0 Å². The summed E-state index contributed by atoms with van der Waals surface area (Å²) in [6.45, 7) is 4.17. The van der Waals surface area contributed by atoms with Crippen LogP contribution in [0.25, 0.3) is 0 Å². The molecule has 1 unspecified atom stereocenters. The monoisotopic (exact) mass is 304 g/mol. The van der Waals surface area contributed by atoms with Crippen LogP contribution in [0.3, 0.4) is 0 Å². The number of halogens is 1. The van der Waals surface area contributed by atoms with E-state index in [1.807, 2.05) is 24.3 Å². The molecule has 0 radical (unpaired) electrons. The first-order chi connectivity index (χ1) is 8.54. The van der Waals surface area contributed by atoms with E-state index < -0.39 is 6.10 Å². The first-order valence-electron chi connectivity index (χ1n) is 6.05. The lowest BCUT2D eigenvalue weighted by atomic mass is 9.99. The number of aliphatic hydroxyl groups excluding tert-OH is 1. The smallest absolute Gasteiger partial charge is 0.0830 e.